The Morgan fingerprint density at radius 1 is 0.720 bits per heavy atom. The van der Waals surface area contributed by atoms with Crippen molar-refractivity contribution in [3.05, 3.63) is 91.0 Å². The predicted molar refractivity (Wildman–Crippen MR) is 106 cm³/mol. The van der Waals surface area contributed by atoms with Crippen LogP contribution < -0.4 is 15.9 Å². The van der Waals surface area contributed by atoms with Crippen LogP contribution in [0.25, 0.3) is 0 Å². The lowest BCUT2D eigenvalue weighted by Crippen LogP contribution is -2.32. The molecule has 0 saturated carbocycles. The molecule has 0 amide bonds. The lowest BCUT2D eigenvalue weighted by Gasteiger charge is -2.29. The van der Waals surface area contributed by atoms with E-state index in [4.69, 9.17) is 0 Å². The average molecular weight is 343 g/mol. The van der Waals surface area contributed by atoms with Crippen molar-refractivity contribution in [2.24, 2.45) is 0 Å². The summed E-state index contributed by atoms with van der Waals surface area (Å²) in [6.45, 7) is -1.03. The maximum absolute atomic E-state index is 12.5. The second-order valence-electron chi connectivity index (χ2n) is 5.69. The van der Waals surface area contributed by atoms with Crippen LogP contribution in [0.3, 0.4) is 0 Å². The van der Waals surface area contributed by atoms with Gasteiger partial charge in [0.1, 0.15) is 11.4 Å². The topological polar surface area (TPSA) is 40.9 Å². The molecular weight excluding hydrogens is 325 g/mol. The Morgan fingerprint density at radius 3 is 1.28 bits per heavy atom. The molecule has 3 aromatic rings. The molecule has 0 aliphatic rings. The van der Waals surface area contributed by atoms with Gasteiger partial charge in [-0.15, -0.1) is 0 Å². The molecule has 3 heteroatoms. The van der Waals surface area contributed by atoms with Crippen LogP contribution in [-0.4, -0.2) is 11.1 Å². The maximum atomic E-state index is 12.5. The third kappa shape index (κ3) is 2.95. The fourth-order valence-electron chi connectivity index (χ4n) is 3.18. The number of Topliss-reactive ketones (excluding diaryl/α,β-unsaturated/α-hetero) is 1. The lowest BCUT2D eigenvalue weighted by atomic mass is 10.3. The molecule has 122 valence electrons. The number of carbonyl (C=O) groups is 1. The summed E-state index contributed by atoms with van der Waals surface area (Å²) in [7, 11) is 0. The molecule has 0 atom stereocenters. The SMILES string of the molecule is CC(=O)C(C#N)=P(c1ccccc1)(c1ccccc1)c1ccccc1. The normalized spacial score (nSPS) is 10.7. The minimum absolute atomic E-state index is 0.174. The number of rotatable bonds is 4. The van der Waals surface area contributed by atoms with E-state index in [0.29, 0.717) is 5.29 Å². The number of carbonyl (C=O) groups excluding carboxylic acids is 1. The number of ketones is 1. The standard InChI is InChI=1S/C22H18NOP/c1-18(24)22(17-23)25(19-11-5-2-6-12-19,20-13-7-3-8-14-20)21-15-9-4-10-16-21/h2-16H,1H3. The monoisotopic (exact) mass is 343 g/mol. The highest BCUT2D eigenvalue weighted by Gasteiger charge is 2.31. The van der Waals surface area contributed by atoms with Gasteiger partial charge in [-0.2, -0.15) is 5.26 Å². The Hall–Kier alpha value is -2.88. The van der Waals surface area contributed by atoms with E-state index in [-0.39, 0.29) is 5.78 Å². The van der Waals surface area contributed by atoms with E-state index >= 15 is 0 Å². The van der Waals surface area contributed by atoms with Crippen LogP contribution in [0, 0.1) is 11.3 Å². The summed E-state index contributed by atoms with van der Waals surface area (Å²) in [5.41, 5.74) is 0. The molecule has 0 unspecified atom stereocenters. The fraction of sp³-hybridized carbons (Fsp3) is 0.0455. The van der Waals surface area contributed by atoms with Crippen LogP contribution in [0.1, 0.15) is 6.92 Å². The molecule has 3 aromatic carbocycles. The van der Waals surface area contributed by atoms with Gasteiger partial charge in [-0.1, -0.05) is 91.0 Å². The van der Waals surface area contributed by atoms with E-state index in [1.54, 1.807) is 0 Å². The van der Waals surface area contributed by atoms with Gasteiger partial charge in [-0.25, -0.2) is 0 Å². The first kappa shape index (κ1) is 17.0. The van der Waals surface area contributed by atoms with Crippen LogP contribution >= 0.6 is 6.89 Å². The number of nitrogens with zero attached hydrogens (tertiary/aromatic N) is 1. The van der Waals surface area contributed by atoms with Crippen LogP contribution in [0.2, 0.25) is 0 Å². The molecule has 0 aliphatic carbocycles. The van der Waals surface area contributed by atoms with E-state index in [0.717, 1.165) is 15.9 Å². The van der Waals surface area contributed by atoms with Crippen LogP contribution in [0.4, 0.5) is 0 Å². The molecule has 3 rings (SSSR count). The Kier molecular flexibility index (Phi) is 4.98. The van der Waals surface area contributed by atoms with Crippen LogP contribution in [0.5, 0.6) is 0 Å². The van der Waals surface area contributed by atoms with E-state index in [1.165, 1.54) is 6.92 Å². The molecule has 0 aliphatic heterocycles. The van der Waals surface area contributed by atoms with E-state index in [9.17, 15) is 10.1 Å². The van der Waals surface area contributed by atoms with Crippen molar-refractivity contribution in [1.82, 2.24) is 0 Å². The van der Waals surface area contributed by atoms with Crippen molar-refractivity contribution < 1.29 is 4.79 Å². The van der Waals surface area contributed by atoms with Gasteiger partial charge in [0.15, 0.2) is 5.78 Å². The highest BCUT2D eigenvalue weighted by molar-refractivity contribution is 7.96. The van der Waals surface area contributed by atoms with Crippen molar-refractivity contribution in [1.29, 1.82) is 5.26 Å². The summed E-state index contributed by atoms with van der Waals surface area (Å²) in [4.78, 5) is 12.5. The Labute approximate surface area is 148 Å². The lowest BCUT2D eigenvalue weighted by molar-refractivity contribution is -0.110. The smallest absolute Gasteiger partial charge is 0.171 e. The van der Waals surface area contributed by atoms with Gasteiger partial charge < -0.3 is 0 Å². The van der Waals surface area contributed by atoms with Crippen LogP contribution in [-0.2, 0) is 4.79 Å². The molecule has 0 radical (unpaired) electrons. The maximum Gasteiger partial charge on any atom is 0.171 e. The summed E-state index contributed by atoms with van der Waals surface area (Å²) >= 11 is 0. The van der Waals surface area contributed by atoms with Crippen molar-refractivity contribution >= 4 is 33.9 Å². The second kappa shape index (κ2) is 7.34. The summed E-state index contributed by atoms with van der Waals surface area (Å²) in [5.74, 6) is -0.174. The summed E-state index contributed by atoms with van der Waals surface area (Å²) in [6.07, 6.45) is 0. The molecule has 0 heterocycles. The van der Waals surface area contributed by atoms with Gasteiger partial charge in [-0.3, -0.25) is 4.79 Å². The summed E-state index contributed by atoms with van der Waals surface area (Å²) in [6, 6.07) is 32.0. The summed E-state index contributed by atoms with van der Waals surface area (Å²) < 4.78 is 0. The molecule has 0 fully saturated rings. The van der Waals surface area contributed by atoms with Gasteiger partial charge in [0.2, 0.25) is 0 Å². The first-order valence-corrected chi connectivity index (χ1v) is 9.84. The highest BCUT2D eigenvalue weighted by atomic mass is 31.2. The van der Waals surface area contributed by atoms with E-state index in [2.05, 4.69) is 6.07 Å². The largest absolute Gasteiger partial charge is 0.294 e. The highest BCUT2D eigenvalue weighted by Crippen LogP contribution is 2.46. The van der Waals surface area contributed by atoms with Crippen molar-refractivity contribution in [2.75, 3.05) is 0 Å². The quantitative estimate of drug-likeness (QED) is 0.682. The number of nitriles is 1. The van der Waals surface area contributed by atoms with Crippen LogP contribution in [0.15, 0.2) is 91.0 Å². The third-order valence-electron chi connectivity index (χ3n) is 4.21. The zero-order valence-electron chi connectivity index (χ0n) is 14.0. The van der Waals surface area contributed by atoms with Gasteiger partial charge in [0.05, 0.1) is 0 Å². The first-order chi connectivity index (χ1) is 12.2. The van der Waals surface area contributed by atoms with Gasteiger partial charge >= 0.3 is 0 Å². The fourth-order valence-corrected chi connectivity index (χ4v) is 7.33. The minimum Gasteiger partial charge on any atom is -0.294 e. The Morgan fingerprint density at radius 2 is 1.04 bits per heavy atom. The second-order valence-corrected chi connectivity index (χ2v) is 9.03. The van der Waals surface area contributed by atoms with Gasteiger partial charge in [0.25, 0.3) is 0 Å². The molecule has 2 nitrogen and oxygen atoms in total. The third-order valence-corrected chi connectivity index (χ3v) is 8.51. The number of hydrogen-bond donors (Lipinski definition) is 0. The van der Waals surface area contributed by atoms with E-state index < -0.39 is 6.89 Å². The summed E-state index contributed by atoms with van der Waals surface area (Å²) in [5, 5.41) is 13.3. The molecule has 0 spiro atoms. The average Bonchev–Trinajstić information content (AvgIpc) is 2.68. The molecular formula is C22H18NOP. The predicted octanol–water partition coefficient (Wildman–Crippen LogP) is 3.27. The van der Waals surface area contributed by atoms with Gasteiger partial charge in [0, 0.05) is 0 Å². The van der Waals surface area contributed by atoms with Gasteiger partial charge in [-0.05, 0) is 29.7 Å². The Balaban J connectivity index is 2.60. The Bertz CT molecular complexity index is 867. The number of benzene rings is 3. The molecule has 0 N–H and O–H groups in total. The van der Waals surface area contributed by atoms with Crippen molar-refractivity contribution in [3.63, 3.8) is 0 Å². The van der Waals surface area contributed by atoms with Crippen molar-refractivity contribution in [3.8, 4) is 6.07 Å². The molecule has 0 bridgehead atoms. The first-order valence-electron chi connectivity index (χ1n) is 8.05. The minimum atomic E-state index is -2.51. The molecule has 25 heavy (non-hydrogen) atoms. The zero-order valence-corrected chi connectivity index (χ0v) is 14.9. The molecule has 0 saturated heterocycles. The van der Waals surface area contributed by atoms with E-state index in [1.807, 2.05) is 91.0 Å². The molecule has 0 aromatic heterocycles. The zero-order chi connectivity index (χ0) is 17.7. The van der Waals surface area contributed by atoms with Crippen molar-refractivity contribution in [2.45, 2.75) is 6.92 Å². The number of hydrogen-bond acceptors (Lipinski definition) is 2.